The third kappa shape index (κ3) is 3.91. The number of furan rings is 1. The van der Waals surface area contributed by atoms with Crippen LogP contribution in [0.15, 0.2) is 126 Å². The van der Waals surface area contributed by atoms with Gasteiger partial charge in [-0.3, -0.25) is 0 Å². The molecule has 3 aromatic heterocycles. The average Bonchev–Trinajstić information content (AvgIpc) is 3.85. The normalized spacial score (nSPS) is 13.8. The van der Waals surface area contributed by atoms with E-state index in [-0.39, 0.29) is 11.1 Å². The maximum Gasteiger partial charge on any atom is 0.136 e. The maximum absolute atomic E-state index is 10.9. The number of benzene rings is 6. The van der Waals surface area contributed by atoms with E-state index >= 15 is 0 Å². The fourth-order valence-electron chi connectivity index (χ4n) is 8.56. The second-order valence-electron chi connectivity index (χ2n) is 13.4. The van der Waals surface area contributed by atoms with E-state index in [4.69, 9.17) is 4.42 Å². The second-order valence-corrected chi connectivity index (χ2v) is 13.4. The quantitative estimate of drug-likeness (QED) is 0.188. The lowest BCUT2D eigenvalue weighted by atomic mass is 9.90. The van der Waals surface area contributed by atoms with E-state index < -0.39 is 0 Å². The van der Waals surface area contributed by atoms with E-state index in [1.165, 1.54) is 5.56 Å². The van der Waals surface area contributed by atoms with Crippen LogP contribution in [-0.4, -0.2) is 9.13 Å². The Hall–Kier alpha value is -7.33. The third-order valence-corrected chi connectivity index (χ3v) is 10.7. The Labute approximate surface area is 298 Å². The minimum Gasteiger partial charge on any atom is -0.456 e. The number of nitriles is 3. The lowest BCUT2D eigenvalue weighted by Gasteiger charge is -2.22. The minimum absolute atomic E-state index is 0.265. The summed E-state index contributed by atoms with van der Waals surface area (Å²) in [4.78, 5) is 0. The van der Waals surface area contributed by atoms with Gasteiger partial charge in [0.15, 0.2) is 0 Å². The molecular weight excluding hydrogens is 639 g/mol. The van der Waals surface area contributed by atoms with E-state index in [1.807, 2.05) is 72.8 Å². The molecule has 0 saturated carbocycles. The number of rotatable bonds is 3. The van der Waals surface area contributed by atoms with Crippen molar-refractivity contribution in [1.29, 1.82) is 15.8 Å². The highest BCUT2D eigenvalue weighted by molar-refractivity contribution is 6.27. The molecule has 1 aliphatic rings. The Morgan fingerprint density at radius 2 is 1.29 bits per heavy atom. The highest BCUT2D eigenvalue weighted by atomic mass is 16.3. The zero-order chi connectivity index (χ0) is 35.1. The number of fused-ring (bicyclic) bond motifs is 10. The smallest absolute Gasteiger partial charge is 0.136 e. The summed E-state index contributed by atoms with van der Waals surface area (Å²) in [5.74, 6) is 0.299. The molecule has 1 unspecified atom stereocenters. The van der Waals surface area contributed by atoms with Gasteiger partial charge in [-0.15, -0.1) is 0 Å². The van der Waals surface area contributed by atoms with Crippen molar-refractivity contribution >= 4 is 60.7 Å². The van der Waals surface area contributed by atoms with Crippen molar-refractivity contribution in [2.75, 3.05) is 0 Å². The average molecular weight is 666 g/mol. The van der Waals surface area contributed by atoms with Gasteiger partial charge in [0, 0.05) is 38.1 Å². The largest absolute Gasteiger partial charge is 0.456 e. The van der Waals surface area contributed by atoms with E-state index in [2.05, 4.69) is 82.8 Å². The first kappa shape index (κ1) is 29.6. The van der Waals surface area contributed by atoms with E-state index in [9.17, 15) is 15.8 Å². The van der Waals surface area contributed by atoms with Gasteiger partial charge < -0.3 is 13.6 Å². The summed E-state index contributed by atoms with van der Waals surface area (Å²) in [6.45, 7) is 2.25. The molecule has 0 fully saturated rings. The van der Waals surface area contributed by atoms with Crippen molar-refractivity contribution in [3.63, 3.8) is 0 Å². The predicted octanol–water partition coefficient (Wildman–Crippen LogP) is 11.4. The van der Waals surface area contributed by atoms with Crippen LogP contribution in [-0.2, 0) is 0 Å². The first-order valence-electron chi connectivity index (χ1n) is 17.3. The molecule has 52 heavy (non-hydrogen) atoms. The Morgan fingerprint density at radius 3 is 2.08 bits per heavy atom. The number of allylic oxidation sites excluding steroid dienone is 1. The van der Waals surface area contributed by atoms with Crippen LogP contribution < -0.4 is 0 Å². The highest BCUT2D eigenvalue weighted by Gasteiger charge is 2.29. The fourth-order valence-corrected chi connectivity index (χ4v) is 8.56. The van der Waals surface area contributed by atoms with Crippen LogP contribution >= 0.6 is 0 Å². The molecule has 1 aliphatic carbocycles. The Bertz CT molecular complexity index is 3170. The molecule has 0 bridgehead atoms. The molecule has 3 heterocycles. The van der Waals surface area contributed by atoms with Gasteiger partial charge in [0.2, 0.25) is 0 Å². The molecule has 6 nitrogen and oxygen atoms in total. The molecule has 0 aliphatic heterocycles. The summed E-state index contributed by atoms with van der Waals surface area (Å²) in [6.07, 6.45) is 5.31. The molecule has 9 aromatic rings. The molecule has 0 amide bonds. The highest BCUT2D eigenvalue weighted by Crippen LogP contribution is 2.47. The maximum atomic E-state index is 10.9. The summed E-state index contributed by atoms with van der Waals surface area (Å²) in [6, 6.07) is 45.3. The number of aromatic nitrogens is 2. The number of nitrogens with zero attached hydrogens (tertiary/aromatic N) is 5. The minimum atomic E-state index is 0.265. The lowest BCUT2D eigenvalue weighted by molar-refractivity contribution is 0.669. The predicted molar refractivity (Wildman–Crippen MR) is 207 cm³/mol. The van der Waals surface area contributed by atoms with Crippen molar-refractivity contribution < 1.29 is 4.42 Å². The zero-order valence-corrected chi connectivity index (χ0v) is 28.1. The van der Waals surface area contributed by atoms with E-state index in [0.29, 0.717) is 17.2 Å². The third-order valence-electron chi connectivity index (χ3n) is 10.7. The Morgan fingerprint density at radius 1 is 0.577 bits per heavy atom. The molecule has 6 heteroatoms. The Kier molecular flexibility index (Phi) is 6.31. The van der Waals surface area contributed by atoms with Crippen molar-refractivity contribution in [3.05, 3.63) is 149 Å². The number of para-hydroxylation sites is 4. The van der Waals surface area contributed by atoms with Gasteiger partial charge in [0.25, 0.3) is 0 Å². The number of hydrogen-bond donors (Lipinski definition) is 0. The second kappa shape index (κ2) is 11.1. The standard InChI is InChI=1S/C46H27N5O/c1-27-10-8-18-38-42(27)32-12-2-5-16-36(32)50(38)45-29(25-48)11-9-15-30(45)31-21-20-28(24-47)35(26-49)46(31)51-37-17-6-3-13-33(37)43-39(51)22-23-41-44(43)34-14-4-7-19-40(34)52-41/h2-9,11-23,27H,10H2,1H3. The van der Waals surface area contributed by atoms with Crippen LogP contribution in [0.5, 0.6) is 0 Å². The van der Waals surface area contributed by atoms with Crippen LogP contribution in [0, 0.1) is 34.0 Å². The van der Waals surface area contributed by atoms with Crippen molar-refractivity contribution in [3.8, 4) is 40.7 Å². The van der Waals surface area contributed by atoms with Gasteiger partial charge in [-0.25, -0.2) is 0 Å². The van der Waals surface area contributed by atoms with Crippen LogP contribution in [0.25, 0.3) is 83.2 Å². The summed E-state index contributed by atoms with van der Waals surface area (Å²) < 4.78 is 10.7. The Balaban J connectivity index is 1.39. The summed E-state index contributed by atoms with van der Waals surface area (Å²) >= 11 is 0. The lowest BCUT2D eigenvalue weighted by Crippen LogP contribution is -2.08. The molecule has 1 atom stereocenters. The molecule has 10 rings (SSSR count). The SMILES string of the molecule is CC1CC=Cc2c1c1ccccc1n2-c1c(C#N)cccc1-c1ccc(C#N)c(C#N)c1-n1c2ccccc2c2c3c(ccc21)oc1ccccc13. The zero-order valence-electron chi connectivity index (χ0n) is 28.1. The molecule has 6 aromatic carbocycles. The first-order valence-corrected chi connectivity index (χ1v) is 17.3. The summed E-state index contributed by atoms with van der Waals surface area (Å²) in [5, 5.41) is 37.2. The topological polar surface area (TPSA) is 94.4 Å². The molecule has 0 radical (unpaired) electrons. The van der Waals surface area contributed by atoms with E-state index in [0.717, 1.165) is 83.6 Å². The molecule has 242 valence electrons. The van der Waals surface area contributed by atoms with Gasteiger partial charge in [0.05, 0.1) is 50.3 Å². The van der Waals surface area contributed by atoms with E-state index in [1.54, 1.807) is 6.07 Å². The van der Waals surface area contributed by atoms with Crippen LogP contribution in [0.3, 0.4) is 0 Å². The van der Waals surface area contributed by atoms with Gasteiger partial charge in [-0.05, 0) is 66.4 Å². The van der Waals surface area contributed by atoms with Gasteiger partial charge in [-0.1, -0.05) is 85.8 Å². The number of hydrogen-bond acceptors (Lipinski definition) is 4. The van der Waals surface area contributed by atoms with Gasteiger partial charge in [0.1, 0.15) is 29.4 Å². The van der Waals surface area contributed by atoms with Crippen LogP contribution in [0.2, 0.25) is 0 Å². The summed E-state index contributed by atoms with van der Waals surface area (Å²) in [7, 11) is 0. The monoisotopic (exact) mass is 665 g/mol. The fraction of sp³-hybridized carbons (Fsp3) is 0.0652. The van der Waals surface area contributed by atoms with Crippen molar-refractivity contribution in [2.24, 2.45) is 0 Å². The van der Waals surface area contributed by atoms with Gasteiger partial charge >= 0.3 is 0 Å². The van der Waals surface area contributed by atoms with Crippen LogP contribution in [0.1, 0.15) is 47.2 Å². The summed E-state index contributed by atoms with van der Waals surface area (Å²) in [5.41, 5.74) is 10.6. The molecule has 0 saturated heterocycles. The van der Waals surface area contributed by atoms with Crippen molar-refractivity contribution in [1.82, 2.24) is 9.13 Å². The first-order chi connectivity index (χ1) is 25.6. The van der Waals surface area contributed by atoms with Crippen molar-refractivity contribution in [2.45, 2.75) is 19.3 Å². The van der Waals surface area contributed by atoms with Crippen LogP contribution in [0.4, 0.5) is 0 Å². The molecule has 0 N–H and O–H groups in total. The van der Waals surface area contributed by atoms with Gasteiger partial charge in [-0.2, -0.15) is 15.8 Å². The molecular formula is C46H27N5O. The molecule has 0 spiro atoms.